The molecule has 4 nitrogen and oxygen atoms in total. The minimum Gasteiger partial charge on any atom is -0.379 e. The summed E-state index contributed by atoms with van der Waals surface area (Å²) < 4.78 is 0. The normalized spacial score (nSPS) is 10.2. The molecule has 0 aliphatic heterocycles. The highest BCUT2D eigenvalue weighted by molar-refractivity contribution is 6.42. The topological polar surface area (TPSA) is 55.2 Å². The lowest BCUT2D eigenvalue weighted by molar-refractivity contribution is -0.383. The number of benzene rings is 1. The van der Waals surface area contributed by atoms with Gasteiger partial charge in [0.05, 0.1) is 15.0 Å². The molecular weight excluding hydrogens is 251 g/mol. The van der Waals surface area contributed by atoms with E-state index < -0.39 is 4.92 Å². The van der Waals surface area contributed by atoms with Gasteiger partial charge in [-0.05, 0) is 12.5 Å². The molecule has 1 rings (SSSR count). The van der Waals surface area contributed by atoms with Crippen molar-refractivity contribution in [3.63, 3.8) is 0 Å². The van der Waals surface area contributed by atoms with Crippen molar-refractivity contribution in [2.45, 2.75) is 19.8 Å². The van der Waals surface area contributed by atoms with Gasteiger partial charge in [0, 0.05) is 12.6 Å². The zero-order chi connectivity index (χ0) is 12.1. The molecule has 0 fully saturated rings. The van der Waals surface area contributed by atoms with Crippen LogP contribution in [0.2, 0.25) is 10.0 Å². The maximum atomic E-state index is 10.8. The summed E-state index contributed by atoms with van der Waals surface area (Å²) in [6.45, 7) is 2.72. The maximum absolute atomic E-state index is 10.8. The molecule has 1 N–H and O–H groups in total. The van der Waals surface area contributed by atoms with Crippen molar-refractivity contribution in [2.75, 3.05) is 11.9 Å². The van der Waals surface area contributed by atoms with Gasteiger partial charge in [-0.2, -0.15) is 0 Å². The van der Waals surface area contributed by atoms with Crippen LogP contribution in [0.15, 0.2) is 12.1 Å². The predicted molar refractivity (Wildman–Crippen MR) is 66.5 cm³/mol. The Hall–Kier alpha value is -1.00. The smallest absolute Gasteiger partial charge is 0.293 e. The third-order valence-corrected chi connectivity index (χ3v) is 2.80. The number of rotatable bonds is 5. The molecule has 0 saturated heterocycles. The average Bonchev–Trinajstić information content (AvgIpc) is 2.23. The number of hydrogen-bond donors (Lipinski definition) is 1. The van der Waals surface area contributed by atoms with Crippen LogP contribution in [-0.2, 0) is 0 Å². The highest BCUT2D eigenvalue weighted by Gasteiger charge is 2.16. The van der Waals surface area contributed by atoms with E-state index in [4.69, 9.17) is 23.2 Å². The van der Waals surface area contributed by atoms with E-state index >= 15 is 0 Å². The van der Waals surface area contributed by atoms with Crippen LogP contribution in [0.5, 0.6) is 0 Å². The standard InChI is InChI=1S/C10H12Cl2N2O2/c1-2-3-4-13-9-5-7(11)8(12)6-10(9)14(15)16/h5-6,13H,2-4H2,1H3. The molecule has 0 unspecified atom stereocenters. The van der Waals surface area contributed by atoms with E-state index in [0.717, 1.165) is 12.8 Å². The third-order valence-electron chi connectivity index (χ3n) is 2.08. The van der Waals surface area contributed by atoms with E-state index in [9.17, 15) is 10.1 Å². The summed E-state index contributed by atoms with van der Waals surface area (Å²) in [5, 5.41) is 14.3. The Bertz CT molecular complexity index is 397. The lowest BCUT2D eigenvalue weighted by atomic mass is 10.2. The number of unbranched alkanes of at least 4 members (excludes halogenated alkanes) is 1. The van der Waals surface area contributed by atoms with Crippen LogP contribution in [0.4, 0.5) is 11.4 Å². The van der Waals surface area contributed by atoms with Gasteiger partial charge in [0.2, 0.25) is 0 Å². The third kappa shape index (κ3) is 3.25. The monoisotopic (exact) mass is 262 g/mol. The van der Waals surface area contributed by atoms with Gasteiger partial charge >= 0.3 is 0 Å². The molecule has 0 bridgehead atoms. The summed E-state index contributed by atoms with van der Waals surface area (Å²) in [7, 11) is 0. The van der Waals surface area contributed by atoms with Gasteiger partial charge in [0.1, 0.15) is 5.69 Å². The first-order valence-corrected chi connectivity index (χ1v) is 5.69. The van der Waals surface area contributed by atoms with Crippen molar-refractivity contribution < 1.29 is 4.92 Å². The van der Waals surface area contributed by atoms with Crippen LogP contribution >= 0.6 is 23.2 Å². The molecule has 0 aliphatic rings. The molecular formula is C10H12Cl2N2O2. The van der Waals surface area contributed by atoms with Crippen molar-refractivity contribution in [3.8, 4) is 0 Å². The Labute approximate surface area is 104 Å². The maximum Gasteiger partial charge on any atom is 0.293 e. The summed E-state index contributed by atoms with van der Waals surface area (Å²) >= 11 is 11.5. The van der Waals surface area contributed by atoms with E-state index in [0.29, 0.717) is 17.3 Å². The van der Waals surface area contributed by atoms with Gasteiger partial charge in [-0.15, -0.1) is 0 Å². The minimum atomic E-state index is -0.476. The van der Waals surface area contributed by atoms with E-state index in [1.165, 1.54) is 12.1 Å². The first kappa shape index (κ1) is 13.1. The second-order valence-electron chi connectivity index (χ2n) is 3.32. The van der Waals surface area contributed by atoms with Gasteiger partial charge in [0.25, 0.3) is 5.69 Å². The van der Waals surface area contributed by atoms with E-state index in [-0.39, 0.29) is 10.7 Å². The summed E-state index contributed by atoms with van der Waals surface area (Å²) in [6, 6.07) is 2.75. The number of anilines is 1. The Balaban J connectivity index is 2.95. The predicted octanol–water partition coefficient (Wildman–Crippen LogP) is 4.11. The highest BCUT2D eigenvalue weighted by Crippen LogP contribution is 2.33. The molecule has 1 aromatic carbocycles. The number of hydrogen-bond acceptors (Lipinski definition) is 3. The highest BCUT2D eigenvalue weighted by atomic mass is 35.5. The summed E-state index contributed by atoms with van der Waals surface area (Å²) in [4.78, 5) is 10.3. The Morgan fingerprint density at radius 3 is 2.56 bits per heavy atom. The fourth-order valence-electron chi connectivity index (χ4n) is 1.23. The molecule has 6 heteroatoms. The van der Waals surface area contributed by atoms with Gasteiger partial charge < -0.3 is 5.32 Å². The van der Waals surface area contributed by atoms with E-state index in [2.05, 4.69) is 5.32 Å². The van der Waals surface area contributed by atoms with Crippen LogP contribution in [0, 0.1) is 10.1 Å². The van der Waals surface area contributed by atoms with Crippen molar-refractivity contribution in [3.05, 3.63) is 32.3 Å². The number of nitro groups is 1. The molecule has 88 valence electrons. The molecule has 0 aliphatic carbocycles. The SMILES string of the molecule is CCCCNc1cc(Cl)c(Cl)cc1[N+](=O)[O-]. The minimum absolute atomic E-state index is 0.0505. The van der Waals surface area contributed by atoms with E-state index in [1.807, 2.05) is 6.92 Å². The van der Waals surface area contributed by atoms with Gasteiger partial charge in [-0.3, -0.25) is 10.1 Å². The Kier molecular flexibility index (Phi) is 4.83. The fourth-order valence-corrected chi connectivity index (χ4v) is 1.55. The zero-order valence-corrected chi connectivity index (χ0v) is 10.3. The summed E-state index contributed by atoms with van der Waals surface area (Å²) in [6.07, 6.45) is 1.96. The number of nitro benzene ring substituents is 1. The van der Waals surface area contributed by atoms with Gasteiger partial charge in [-0.1, -0.05) is 36.5 Å². The molecule has 0 amide bonds. The van der Waals surface area contributed by atoms with Crippen molar-refractivity contribution in [1.82, 2.24) is 0 Å². The quantitative estimate of drug-likeness (QED) is 0.494. The van der Waals surface area contributed by atoms with E-state index in [1.54, 1.807) is 0 Å². The first-order chi connectivity index (χ1) is 7.56. The van der Waals surface area contributed by atoms with Crippen LogP contribution in [-0.4, -0.2) is 11.5 Å². The van der Waals surface area contributed by atoms with Gasteiger partial charge in [-0.25, -0.2) is 0 Å². The number of halogens is 2. The second kappa shape index (κ2) is 5.92. The lowest BCUT2D eigenvalue weighted by Gasteiger charge is -2.07. The molecule has 1 aromatic rings. The van der Waals surface area contributed by atoms with Crippen LogP contribution in [0.1, 0.15) is 19.8 Å². The lowest BCUT2D eigenvalue weighted by Crippen LogP contribution is -2.04. The van der Waals surface area contributed by atoms with Crippen molar-refractivity contribution >= 4 is 34.6 Å². The van der Waals surface area contributed by atoms with Crippen LogP contribution in [0.3, 0.4) is 0 Å². The molecule has 16 heavy (non-hydrogen) atoms. The zero-order valence-electron chi connectivity index (χ0n) is 8.80. The Morgan fingerprint density at radius 2 is 2.00 bits per heavy atom. The summed E-state index contributed by atoms with van der Waals surface area (Å²) in [5.41, 5.74) is 0.360. The number of nitrogens with zero attached hydrogens (tertiary/aromatic N) is 1. The molecule has 0 saturated carbocycles. The largest absolute Gasteiger partial charge is 0.379 e. The molecule has 0 spiro atoms. The summed E-state index contributed by atoms with van der Waals surface area (Å²) in [5.74, 6) is 0. The molecule has 0 aromatic heterocycles. The Morgan fingerprint density at radius 1 is 1.38 bits per heavy atom. The van der Waals surface area contributed by atoms with Crippen molar-refractivity contribution in [2.24, 2.45) is 0 Å². The average molecular weight is 263 g/mol. The number of nitrogens with one attached hydrogen (secondary N) is 1. The first-order valence-electron chi connectivity index (χ1n) is 4.93. The molecule has 0 heterocycles. The van der Waals surface area contributed by atoms with Crippen LogP contribution < -0.4 is 5.32 Å². The molecule has 0 radical (unpaired) electrons. The second-order valence-corrected chi connectivity index (χ2v) is 4.14. The van der Waals surface area contributed by atoms with Crippen LogP contribution in [0.25, 0.3) is 0 Å². The van der Waals surface area contributed by atoms with Crippen molar-refractivity contribution in [1.29, 1.82) is 0 Å². The fraction of sp³-hybridized carbons (Fsp3) is 0.400. The van der Waals surface area contributed by atoms with Gasteiger partial charge in [0.15, 0.2) is 0 Å². The molecule has 0 atom stereocenters.